The van der Waals surface area contributed by atoms with E-state index in [0.29, 0.717) is 0 Å². The second-order valence-electron chi connectivity index (χ2n) is 2.14. The molecule has 0 saturated carbocycles. The molecule has 13 heavy (non-hydrogen) atoms. The summed E-state index contributed by atoms with van der Waals surface area (Å²) in [6.45, 7) is 1.89. The number of nitrogens with zero attached hydrogens (tertiary/aromatic N) is 1. The lowest BCUT2D eigenvalue weighted by molar-refractivity contribution is 0.0519. The predicted octanol–water partition coefficient (Wildman–Crippen LogP) is 0.600. The van der Waals surface area contributed by atoms with Crippen LogP contribution in [0, 0.1) is 0 Å². The van der Waals surface area contributed by atoms with Crippen molar-refractivity contribution in [2.24, 2.45) is 0 Å². The Bertz CT molecular complexity index is 374. The monoisotopic (exact) mass is 202 g/mol. The molecule has 0 fully saturated rings. The molecule has 1 N–H and O–H groups in total. The number of esters is 1. The van der Waals surface area contributed by atoms with Crippen molar-refractivity contribution in [1.82, 2.24) is 9.97 Å². The second-order valence-corrected chi connectivity index (χ2v) is 2.55. The lowest BCUT2D eigenvalue weighted by atomic mass is 10.4. The number of aromatic nitrogens is 2. The average Bonchev–Trinajstić information content (AvgIpc) is 2.03. The SMILES string of the molecule is CCOC(=O)c1cc(Cl)[nH]c(=O)n1. The molecule has 0 aliphatic heterocycles. The highest BCUT2D eigenvalue weighted by atomic mass is 35.5. The molecule has 0 aliphatic rings. The molecule has 1 heterocycles. The highest BCUT2D eigenvalue weighted by molar-refractivity contribution is 6.29. The lowest BCUT2D eigenvalue weighted by Gasteiger charge is -1.99. The molecule has 0 aliphatic carbocycles. The van der Waals surface area contributed by atoms with E-state index in [-0.39, 0.29) is 17.5 Å². The third-order valence-electron chi connectivity index (χ3n) is 1.20. The van der Waals surface area contributed by atoms with Gasteiger partial charge in [0.2, 0.25) is 0 Å². The maximum Gasteiger partial charge on any atom is 0.357 e. The molecule has 0 radical (unpaired) electrons. The van der Waals surface area contributed by atoms with Crippen LogP contribution in [0.5, 0.6) is 0 Å². The molecule has 0 aromatic carbocycles. The van der Waals surface area contributed by atoms with Crippen molar-refractivity contribution in [2.45, 2.75) is 6.92 Å². The Morgan fingerprint density at radius 1 is 1.77 bits per heavy atom. The van der Waals surface area contributed by atoms with E-state index in [1.165, 1.54) is 6.07 Å². The molecule has 0 amide bonds. The van der Waals surface area contributed by atoms with E-state index in [0.717, 1.165) is 0 Å². The van der Waals surface area contributed by atoms with Gasteiger partial charge in [0.15, 0.2) is 5.69 Å². The van der Waals surface area contributed by atoms with E-state index in [4.69, 9.17) is 11.6 Å². The molecule has 0 saturated heterocycles. The highest BCUT2D eigenvalue weighted by Gasteiger charge is 2.09. The topological polar surface area (TPSA) is 72.1 Å². The van der Waals surface area contributed by atoms with Crippen molar-refractivity contribution in [2.75, 3.05) is 6.61 Å². The first-order valence-electron chi connectivity index (χ1n) is 3.57. The minimum absolute atomic E-state index is 0.0584. The van der Waals surface area contributed by atoms with Crippen LogP contribution in [-0.4, -0.2) is 22.5 Å². The Balaban J connectivity index is 3.01. The molecule has 0 spiro atoms. The van der Waals surface area contributed by atoms with Crippen LogP contribution in [0.1, 0.15) is 17.4 Å². The summed E-state index contributed by atoms with van der Waals surface area (Å²) in [6.07, 6.45) is 0. The minimum atomic E-state index is -0.671. The van der Waals surface area contributed by atoms with E-state index in [9.17, 15) is 9.59 Å². The van der Waals surface area contributed by atoms with E-state index in [1.807, 2.05) is 0 Å². The standard InChI is InChI=1S/C7H7ClN2O3/c1-2-13-6(11)4-3-5(8)10-7(12)9-4/h3H,2H2,1H3,(H,9,10,12). The Morgan fingerprint density at radius 2 is 2.46 bits per heavy atom. The number of carbonyl (C=O) groups is 1. The molecular formula is C7H7ClN2O3. The summed E-state index contributed by atoms with van der Waals surface area (Å²) in [4.78, 5) is 27.4. The Hall–Kier alpha value is -1.36. The lowest BCUT2D eigenvalue weighted by Crippen LogP contribution is -2.17. The number of rotatable bonds is 2. The Morgan fingerprint density at radius 3 is 3.00 bits per heavy atom. The van der Waals surface area contributed by atoms with E-state index >= 15 is 0 Å². The van der Waals surface area contributed by atoms with Crippen LogP contribution in [0.15, 0.2) is 10.9 Å². The van der Waals surface area contributed by atoms with E-state index < -0.39 is 11.7 Å². The van der Waals surface area contributed by atoms with Crippen molar-refractivity contribution in [3.8, 4) is 0 Å². The number of hydrogen-bond acceptors (Lipinski definition) is 4. The fraction of sp³-hybridized carbons (Fsp3) is 0.286. The van der Waals surface area contributed by atoms with Gasteiger partial charge in [0.1, 0.15) is 5.15 Å². The fourth-order valence-corrected chi connectivity index (χ4v) is 0.922. The van der Waals surface area contributed by atoms with Gasteiger partial charge in [-0.05, 0) is 6.92 Å². The van der Waals surface area contributed by atoms with Gasteiger partial charge < -0.3 is 4.74 Å². The molecule has 0 unspecified atom stereocenters. The zero-order valence-corrected chi connectivity index (χ0v) is 7.59. The summed E-state index contributed by atoms with van der Waals surface area (Å²) in [6, 6.07) is 1.24. The number of aromatic amines is 1. The van der Waals surface area contributed by atoms with Gasteiger partial charge in [-0.25, -0.2) is 9.59 Å². The van der Waals surface area contributed by atoms with Crippen LogP contribution < -0.4 is 5.69 Å². The molecule has 1 aromatic rings. The van der Waals surface area contributed by atoms with Crippen molar-refractivity contribution < 1.29 is 9.53 Å². The van der Waals surface area contributed by atoms with Gasteiger partial charge in [-0.3, -0.25) is 4.98 Å². The fourth-order valence-electron chi connectivity index (χ4n) is 0.738. The Labute approximate surface area is 78.7 Å². The van der Waals surface area contributed by atoms with Crippen molar-refractivity contribution in [3.05, 3.63) is 27.4 Å². The second kappa shape index (κ2) is 4.04. The molecule has 70 valence electrons. The summed E-state index contributed by atoms with van der Waals surface area (Å²) < 4.78 is 4.63. The van der Waals surface area contributed by atoms with E-state index in [2.05, 4.69) is 14.7 Å². The molecule has 5 nitrogen and oxygen atoms in total. The smallest absolute Gasteiger partial charge is 0.357 e. The number of H-pyrrole nitrogens is 1. The molecular weight excluding hydrogens is 196 g/mol. The predicted molar refractivity (Wildman–Crippen MR) is 45.8 cm³/mol. The first-order valence-corrected chi connectivity index (χ1v) is 3.95. The molecule has 0 bridgehead atoms. The number of carbonyl (C=O) groups excluding carboxylic acids is 1. The third kappa shape index (κ3) is 2.55. The molecule has 1 rings (SSSR count). The average molecular weight is 203 g/mol. The molecule has 1 aromatic heterocycles. The van der Waals surface area contributed by atoms with Crippen molar-refractivity contribution in [3.63, 3.8) is 0 Å². The Kier molecular flexibility index (Phi) is 3.02. The van der Waals surface area contributed by atoms with Crippen molar-refractivity contribution in [1.29, 1.82) is 0 Å². The van der Waals surface area contributed by atoms with Crippen LogP contribution in [0.25, 0.3) is 0 Å². The summed E-state index contributed by atoms with van der Waals surface area (Å²) in [7, 11) is 0. The first kappa shape index (κ1) is 9.73. The normalized spacial score (nSPS) is 9.69. The van der Waals surface area contributed by atoms with Crippen molar-refractivity contribution >= 4 is 17.6 Å². The third-order valence-corrected chi connectivity index (χ3v) is 1.40. The molecule has 6 heteroatoms. The van der Waals surface area contributed by atoms with Gasteiger partial charge in [0.25, 0.3) is 0 Å². The van der Waals surface area contributed by atoms with Crippen LogP contribution in [0.4, 0.5) is 0 Å². The number of nitrogens with one attached hydrogen (secondary N) is 1. The zero-order chi connectivity index (χ0) is 9.84. The van der Waals surface area contributed by atoms with Gasteiger partial charge in [-0.1, -0.05) is 11.6 Å². The number of ether oxygens (including phenoxy) is 1. The van der Waals surface area contributed by atoms with Gasteiger partial charge in [-0.2, -0.15) is 4.98 Å². The maximum absolute atomic E-state index is 11.1. The largest absolute Gasteiger partial charge is 0.461 e. The zero-order valence-electron chi connectivity index (χ0n) is 6.83. The van der Waals surface area contributed by atoms with E-state index in [1.54, 1.807) is 6.92 Å². The van der Waals surface area contributed by atoms with Crippen LogP contribution in [0.3, 0.4) is 0 Å². The number of halogens is 1. The van der Waals surface area contributed by atoms with Gasteiger partial charge in [0.05, 0.1) is 6.61 Å². The van der Waals surface area contributed by atoms with Crippen LogP contribution >= 0.6 is 11.6 Å². The number of hydrogen-bond donors (Lipinski definition) is 1. The summed E-state index contributed by atoms with van der Waals surface area (Å²) in [5, 5.41) is 0.0584. The summed E-state index contributed by atoms with van der Waals surface area (Å²) in [5.41, 5.74) is -0.758. The van der Waals surface area contributed by atoms with Gasteiger partial charge >= 0.3 is 11.7 Å². The quantitative estimate of drug-likeness (QED) is 0.563. The minimum Gasteiger partial charge on any atom is -0.461 e. The van der Waals surface area contributed by atoms with Gasteiger partial charge in [0, 0.05) is 6.07 Å². The molecule has 0 atom stereocenters. The van der Waals surface area contributed by atoms with Gasteiger partial charge in [-0.15, -0.1) is 0 Å². The summed E-state index contributed by atoms with van der Waals surface area (Å²) >= 11 is 5.49. The van der Waals surface area contributed by atoms with Crippen LogP contribution in [-0.2, 0) is 4.74 Å². The highest BCUT2D eigenvalue weighted by Crippen LogP contribution is 2.03. The maximum atomic E-state index is 11.1. The van der Waals surface area contributed by atoms with Crippen LogP contribution in [0.2, 0.25) is 5.15 Å². The first-order chi connectivity index (χ1) is 6.13. The summed E-state index contributed by atoms with van der Waals surface area (Å²) in [5.74, 6) is -0.657.